The normalized spacial score (nSPS) is 18.5. The highest BCUT2D eigenvalue weighted by Crippen LogP contribution is 2.26. The minimum atomic E-state index is -0.114. The lowest BCUT2D eigenvalue weighted by atomic mass is 10.2. The molecule has 0 heterocycles. The topological polar surface area (TPSA) is 64.6 Å². The number of carbonyl (C=O) groups excluding carboxylic acids is 1. The number of aliphatic hydroxyl groups excluding tert-OH is 1. The Morgan fingerprint density at radius 3 is 2.67 bits per heavy atom. The molecule has 0 saturated heterocycles. The molecular weight excluding hydrogens is 230 g/mol. The fourth-order valence-electron chi connectivity index (χ4n) is 1.97. The summed E-state index contributed by atoms with van der Waals surface area (Å²) in [6.45, 7) is 4.94. The van der Waals surface area contributed by atoms with Crippen LogP contribution in [0.3, 0.4) is 0 Å². The third-order valence-corrected chi connectivity index (χ3v) is 3.55. The zero-order valence-electron chi connectivity index (χ0n) is 11.8. The minimum Gasteiger partial charge on any atom is -0.396 e. The van der Waals surface area contributed by atoms with Crippen LogP contribution in [0, 0.1) is 0 Å². The lowest BCUT2D eigenvalue weighted by molar-refractivity contribution is 0.218. The standard InChI is InChI=1S/C13H27N3O2/c1-10(5-4-8-17)15-13(18)14-9-11(2)16(3)12-6-7-12/h10-12,17H,4-9H2,1-3H3,(H2,14,15,18). The van der Waals surface area contributed by atoms with Crippen molar-refractivity contribution in [1.29, 1.82) is 0 Å². The molecule has 1 fully saturated rings. The third-order valence-electron chi connectivity index (χ3n) is 3.55. The first-order chi connectivity index (χ1) is 8.54. The Hall–Kier alpha value is -0.810. The van der Waals surface area contributed by atoms with E-state index in [-0.39, 0.29) is 18.7 Å². The van der Waals surface area contributed by atoms with E-state index in [0.717, 1.165) is 12.8 Å². The second kappa shape index (κ2) is 7.59. The van der Waals surface area contributed by atoms with Gasteiger partial charge in [0.15, 0.2) is 0 Å². The van der Waals surface area contributed by atoms with Crippen LogP contribution in [0.2, 0.25) is 0 Å². The maximum atomic E-state index is 11.6. The van der Waals surface area contributed by atoms with Gasteiger partial charge in [0, 0.05) is 31.3 Å². The average Bonchev–Trinajstić information content (AvgIpc) is 3.16. The molecule has 3 N–H and O–H groups in total. The summed E-state index contributed by atoms with van der Waals surface area (Å²) >= 11 is 0. The molecule has 5 nitrogen and oxygen atoms in total. The van der Waals surface area contributed by atoms with Gasteiger partial charge in [0.2, 0.25) is 0 Å². The molecule has 2 atom stereocenters. The van der Waals surface area contributed by atoms with Gasteiger partial charge in [-0.1, -0.05) is 0 Å². The van der Waals surface area contributed by atoms with Gasteiger partial charge in [-0.05, 0) is 46.6 Å². The monoisotopic (exact) mass is 257 g/mol. The van der Waals surface area contributed by atoms with Gasteiger partial charge in [-0.25, -0.2) is 4.79 Å². The van der Waals surface area contributed by atoms with Crippen LogP contribution < -0.4 is 10.6 Å². The molecule has 0 aliphatic heterocycles. The number of nitrogens with zero attached hydrogens (tertiary/aromatic N) is 1. The second-order valence-corrected chi connectivity index (χ2v) is 5.37. The first kappa shape index (κ1) is 15.2. The average molecular weight is 257 g/mol. The molecular formula is C13H27N3O2. The summed E-state index contributed by atoms with van der Waals surface area (Å²) in [7, 11) is 2.12. The van der Waals surface area contributed by atoms with E-state index in [1.165, 1.54) is 12.8 Å². The van der Waals surface area contributed by atoms with Crippen LogP contribution >= 0.6 is 0 Å². The largest absolute Gasteiger partial charge is 0.396 e. The number of likely N-dealkylation sites (N-methyl/N-ethyl adjacent to an activating group) is 1. The van der Waals surface area contributed by atoms with Gasteiger partial charge in [-0.2, -0.15) is 0 Å². The zero-order valence-corrected chi connectivity index (χ0v) is 11.8. The highest BCUT2D eigenvalue weighted by molar-refractivity contribution is 5.74. The molecule has 0 radical (unpaired) electrons. The van der Waals surface area contributed by atoms with Crippen LogP contribution in [0.15, 0.2) is 0 Å². The molecule has 18 heavy (non-hydrogen) atoms. The number of urea groups is 1. The summed E-state index contributed by atoms with van der Waals surface area (Å²) in [4.78, 5) is 14.0. The summed E-state index contributed by atoms with van der Waals surface area (Å²) < 4.78 is 0. The van der Waals surface area contributed by atoms with Gasteiger partial charge in [-0.3, -0.25) is 4.90 Å². The Balaban J connectivity index is 2.11. The lowest BCUT2D eigenvalue weighted by Gasteiger charge is -2.25. The fourth-order valence-corrected chi connectivity index (χ4v) is 1.97. The van der Waals surface area contributed by atoms with E-state index in [4.69, 9.17) is 5.11 Å². The summed E-state index contributed by atoms with van der Waals surface area (Å²) in [5.74, 6) is 0. The Bertz CT molecular complexity index is 257. The van der Waals surface area contributed by atoms with Gasteiger partial charge in [-0.15, -0.1) is 0 Å². The van der Waals surface area contributed by atoms with Crippen molar-refractivity contribution in [1.82, 2.24) is 15.5 Å². The predicted molar refractivity (Wildman–Crippen MR) is 72.6 cm³/mol. The maximum absolute atomic E-state index is 11.6. The molecule has 0 spiro atoms. The second-order valence-electron chi connectivity index (χ2n) is 5.37. The first-order valence-electron chi connectivity index (χ1n) is 6.91. The Morgan fingerprint density at radius 2 is 2.11 bits per heavy atom. The summed E-state index contributed by atoms with van der Waals surface area (Å²) in [6, 6.07) is 1.08. The molecule has 1 aliphatic rings. The van der Waals surface area contributed by atoms with Crippen molar-refractivity contribution >= 4 is 6.03 Å². The molecule has 0 aromatic heterocycles. The smallest absolute Gasteiger partial charge is 0.315 e. The molecule has 0 aromatic carbocycles. The number of hydrogen-bond donors (Lipinski definition) is 3. The third kappa shape index (κ3) is 5.69. The van der Waals surface area contributed by atoms with Crippen molar-refractivity contribution in [2.24, 2.45) is 0 Å². The Morgan fingerprint density at radius 1 is 1.44 bits per heavy atom. The molecule has 0 bridgehead atoms. The van der Waals surface area contributed by atoms with Crippen molar-refractivity contribution in [3.63, 3.8) is 0 Å². The Kier molecular flexibility index (Phi) is 6.43. The van der Waals surface area contributed by atoms with E-state index in [2.05, 4.69) is 29.5 Å². The van der Waals surface area contributed by atoms with Crippen LogP contribution in [-0.2, 0) is 0 Å². The van der Waals surface area contributed by atoms with E-state index >= 15 is 0 Å². The molecule has 106 valence electrons. The summed E-state index contributed by atoms with van der Waals surface area (Å²) in [6.07, 6.45) is 4.10. The number of nitrogens with one attached hydrogen (secondary N) is 2. The summed E-state index contributed by atoms with van der Waals surface area (Å²) in [5.41, 5.74) is 0. The van der Waals surface area contributed by atoms with Gasteiger partial charge >= 0.3 is 6.03 Å². The maximum Gasteiger partial charge on any atom is 0.315 e. The van der Waals surface area contributed by atoms with E-state index < -0.39 is 0 Å². The van der Waals surface area contributed by atoms with Crippen LogP contribution in [0.1, 0.15) is 39.5 Å². The van der Waals surface area contributed by atoms with Crippen molar-refractivity contribution < 1.29 is 9.90 Å². The Labute approximate surface area is 110 Å². The van der Waals surface area contributed by atoms with Crippen molar-refractivity contribution in [3.05, 3.63) is 0 Å². The van der Waals surface area contributed by atoms with Crippen molar-refractivity contribution in [3.8, 4) is 0 Å². The fraction of sp³-hybridized carbons (Fsp3) is 0.923. The van der Waals surface area contributed by atoms with E-state index in [9.17, 15) is 4.79 Å². The number of carbonyl (C=O) groups is 1. The van der Waals surface area contributed by atoms with Crippen molar-refractivity contribution in [2.75, 3.05) is 20.2 Å². The molecule has 1 saturated carbocycles. The number of aliphatic hydroxyl groups is 1. The SMILES string of the molecule is CC(CCCO)NC(=O)NCC(C)N(C)C1CC1. The highest BCUT2D eigenvalue weighted by atomic mass is 16.3. The van der Waals surface area contributed by atoms with Crippen LogP contribution in [0.4, 0.5) is 4.79 Å². The van der Waals surface area contributed by atoms with Crippen LogP contribution in [-0.4, -0.2) is 54.4 Å². The molecule has 0 aromatic rings. The van der Waals surface area contributed by atoms with Gasteiger partial charge < -0.3 is 15.7 Å². The zero-order chi connectivity index (χ0) is 13.5. The van der Waals surface area contributed by atoms with Gasteiger partial charge in [0.25, 0.3) is 0 Å². The van der Waals surface area contributed by atoms with Gasteiger partial charge in [0.05, 0.1) is 0 Å². The summed E-state index contributed by atoms with van der Waals surface area (Å²) in [5, 5.41) is 14.5. The highest BCUT2D eigenvalue weighted by Gasteiger charge is 2.29. The van der Waals surface area contributed by atoms with Crippen LogP contribution in [0.5, 0.6) is 0 Å². The van der Waals surface area contributed by atoms with Crippen LogP contribution in [0.25, 0.3) is 0 Å². The number of hydrogen-bond acceptors (Lipinski definition) is 3. The van der Waals surface area contributed by atoms with E-state index in [0.29, 0.717) is 18.6 Å². The minimum absolute atomic E-state index is 0.105. The predicted octanol–water partition coefficient (Wildman–Crippen LogP) is 0.929. The van der Waals surface area contributed by atoms with E-state index in [1.54, 1.807) is 0 Å². The first-order valence-corrected chi connectivity index (χ1v) is 6.91. The van der Waals surface area contributed by atoms with Gasteiger partial charge in [0.1, 0.15) is 0 Å². The molecule has 1 rings (SSSR count). The molecule has 1 aliphatic carbocycles. The molecule has 2 unspecified atom stereocenters. The molecule has 5 heteroatoms. The van der Waals surface area contributed by atoms with E-state index in [1.807, 2.05) is 6.92 Å². The van der Waals surface area contributed by atoms with Crippen molar-refractivity contribution in [2.45, 2.75) is 57.7 Å². The lowest BCUT2D eigenvalue weighted by Crippen LogP contribution is -2.46. The molecule has 2 amide bonds. The number of amides is 2. The quantitative estimate of drug-likeness (QED) is 0.606. The number of rotatable bonds is 8.